The van der Waals surface area contributed by atoms with Crippen LogP contribution >= 0.6 is 0 Å². The molecule has 0 aliphatic rings. The molecule has 0 saturated heterocycles. The van der Waals surface area contributed by atoms with Crippen LogP contribution in [0.1, 0.15) is 11.1 Å². The molecule has 0 saturated carbocycles. The molecule has 2 aromatic carbocycles. The van der Waals surface area contributed by atoms with E-state index in [0.717, 1.165) is 11.1 Å². The van der Waals surface area contributed by atoms with Gasteiger partial charge in [0.1, 0.15) is 0 Å². The standard InChI is InChI=1S/C17H19N3O4S/c1-12-7-9-14(10-8-12)25(23,24)20-17(22)19-16(21)15(18)11-13-5-3-2-4-6-13/h2-10,15H,11,18H2,1H3,(H2,19,20,21,22)/t15-/m0/s1. The van der Waals surface area contributed by atoms with Gasteiger partial charge in [-0.15, -0.1) is 0 Å². The highest BCUT2D eigenvalue weighted by Gasteiger charge is 2.21. The number of amides is 3. The highest BCUT2D eigenvalue weighted by molar-refractivity contribution is 7.90. The van der Waals surface area contributed by atoms with Gasteiger partial charge in [-0.25, -0.2) is 17.9 Å². The largest absolute Gasteiger partial charge is 0.335 e. The number of aryl methyl sites for hydroxylation is 1. The van der Waals surface area contributed by atoms with Gasteiger partial charge in [-0.2, -0.15) is 0 Å². The summed E-state index contributed by atoms with van der Waals surface area (Å²) in [5, 5.41) is 1.94. The summed E-state index contributed by atoms with van der Waals surface area (Å²) in [6.07, 6.45) is 0.227. The maximum atomic E-state index is 12.1. The minimum absolute atomic E-state index is 0.0747. The normalized spacial score (nSPS) is 12.2. The van der Waals surface area contributed by atoms with Crippen molar-refractivity contribution in [3.63, 3.8) is 0 Å². The number of hydrogen-bond donors (Lipinski definition) is 3. The second-order valence-electron chi connectivity index (χ2n) is 5.53. The summed E-state index contributed by atoms with van der Waals surface area (Å²) in [5.74, 6) is -0.763. The number of urea groups is 1. The fourth-order valence-electron chi connectivity index (χ4n) is 2.09. The van der Waals surface area contributed by atoms with Gasteiger partial charge >= 0.3 is 6.03 Å². The third-order valence-corrected chi connectivity index (χ3v) is 4.78. The summed E-state index contributed by atoms with van der Waals surface area (Å²) in [6, 6.07) is 12.9. The molecule has 0 fully saturated rings. The average molecular weight is 361 g/mol. The summed E-state index contributed by atoms with van der Waals surface area (Å²) in [7, 11) is -4.06. The molecule has 0 radical (unpaired) electrons. The number of rotatable bonds is 5. The van der Waals surface area contributed by atoms with Crippen molar-refractivity contribution in [3.8, 4) is 0 Å². The summed E-state index contributed by atoms with van der Waals surface area (Å²) in [6.45, 7) is 1.81. The number of carbonyl (C=O) groups excluding carboxylic acids is 2. The molecule has 0 aliphatic heterocycles. The minimum Gasteiger partial charge on any atom is -0.320 e. The van der Waals surface area contributed by atoms with Gasteiger partial charge in [0, 0.05) is 0 Å². The summed E-state index contributed by atoms with van der Waals surface area (Å²) >= 11 is 0. The smallest absolute Gasteiger partial charge is 0.320 e. The molecular weight excluding hydrogens is 342 g/mol. The third kappa shape index (κ3) is 5.40. The van der Waals surface area contributed by atoms with E-state index in [1.165, 1.54) is 12.1 Å². The van der Waals surface area contributed by atoms with E-state index in [9.17, 15) is 18.0 Å². The van der Waals surface area contributed by atoms with Crippen LogP contribution in [0.5, 0.6) is 0 Å². The van der Waals surface area contributed by atoms with Crippen molar-refractivity contribution in [2.75, 3.05) is 0 Å². The fraction of sp³-hybridized carbons (Fsp3) is 0.176. The molecule has 0 aromatic heterocycles. The Morgan fingerprint density at radius 1 is 1.04 bits per heavy atom. The Labute approximate surface area is 146 Å². The van der Waals surface area contributed by atoms with Gasteiger partial charge in [0.25, 0.3) is 10.0 Å². The van der Waals surface area contributed by atoms with Crippen LogP contribution in [0.2, 0.25) is 0 Å². The molecule has 0 bridgehead atoms. The Balaban J connectivity index is 1.94. The number of benzene rings is 2. The maximum absolute atomic E-state index is 12.1. The molecule has 132 valence electrons. The molecule has 0 spiro atoms. The highest BCUT2D eigenvalue weighted by atomic mass is 32.2. The summed E-state index contributed by atoms with van der Waals surface area (Å²) in [4.78, 5) is 23.6. The molecule has 1 atom stereocenters. The maximum Gasteiger partial charge on any atom is 0.335 e. The van der Waals surface area contributed by atoms with Gasteiger partial charge in [0.15, 0.2) is 0 Å². The van der Waals surface area contributed by atoms with Gasteiger partial charge in [0.2, 0.25) is 5.91 Å². The van der Waals surface area contributed by atoms with E-state index < -0.39 is 28.0 Å². The zero-order valence-electron chi connectivity index (χ0n) is 13.6. The van der Waals surface area contributed by atoms with E-state index in [-0.39, 0.29) is 11.3 Å². The lowest BCUT2D eigenvalue weighted by atomic mass is 10.1. The van der Waals surface area contributed by atoms with Crippen LogP contribution in [0.3, 0.4) is 0 Å². The van der Waals surface area contributed by atoms with E-state index in [4.69, 9.17) is 5.73 Å². The third-order valence-electron chi connectivity index (χ3n) is 3.43. The van der Waals surface area contributed by atoms with E-state index in [1.54, 1.807) is 41.1 Å². The van der Waals surface area contributed by atoms with E-state index >= 15 is 0 Å². The van der Waals surface area contributed by atoms with Gasteiger partial charge in [0.05, 0.1) is 10.9 Å². The second kappa shape index (κ2) is 7.91. The van der Waals surface area contributed by atoms with E-state index in [0.29, 0.717) is 0 Å². The van der Waals surface area contributed by atoms with Crippen molar-refractivity contribution in [2.45, 2.75) is 24.3 Å². The van der Waals surface area contributed by atoms with Crippen LogP contribution in [-0.4, -0.2) is 26.4 Å². The molecule has 0 heterocycles. The van der Waals surface area contributed by atoms with Crippen LogP contribution in [0.15, 0.2) is 59.5 Å². The number of nitrogens with two attached hydrogens (primary N) is 1. The molecule has 4 N–H and O–H groups in total. The van der Waals surface area contributed by atoms with Crippen molar-refractivity contribution in [1.29, 1.82) is 0 Å². The Morgan fingerprint density at radius 3 is 2.24 bits per heavy atom. The second-order valence-corrected chi connectivity index (χ2v) is 7.22. The van der Waals surface area contributed by atoms with E-state index in [2.05, 4.69) is 0 Å². The Bertz CT molecular complexity index is 849. The SMILES string of the molecule is Cc1ccc(S(=O)(=O)NC(=O)NC(=O)[C@@H](N)Cc2ccccc2)cc1. The number of sulfonamides is 1. The Kier molecular flexibility index (Phi) is 5.89. The summed E-state index contributed by atoms with van der Waals surface area (Å²) in [5.41, 5.74) is 7.46. The number of hydrogen-bond acceptors (Lipinski definition) is 5. The molecule has 2 rings (SSSR count). The van der Waals surface area contributed by atoms with Crippen LogP contribution in [0.25, 0.3) is 0 Å². The van der Waals surface area contributed by atoms with Crippen LogP contribution in [0, 0.1) is 6.92 Å². The lowest BCUT2D eigenvalue weighted by Crippen LogP contribution is -2.49. The van der Waals surface area contributed by atoms with Gasteiger partial charge < -0.3 is 5.73 Å². The van der Waals surface area contributed by atoms with Crippen molar-refractivity contribution >= 4 is 22.0 Å². The predicted octanol–water partition coefficient (Wildman–Crippen LogP) is 1.08. The van der Waals surface area contributed by atoms with Gasteiger partial charge in [-0.1, -0.05) is 48.0 Å². The average Bonchev–Trinajstić information content (AvgIpc) is 2.55. The van der Waals surface area contributed by atoms with Crippen LogP contribution in [-0.2, 0) is 21.2 Å². The summed E-state index contributed by atoms with van der Waals surface area (Å²) < 4.78 is 26.0. The lowest BCUT2D eigenvalue weighted by Gasteiger charge is -2.12. The number of imide groups is 1. The van der Waals surface area contributed by atoms with Crippen LogP contribution < -0.4 is 15.8 Å². The van der Waals surface area contributed by atoms with Crippen LogP contribution in [0.4, 0.5) is 4.79 Å². The van der Waals surface area contributed by atoms with E-state index in [1.807, 2.05) is 18.3 Å². The molecule has 0 aliphatic carbocycles. The first-order chi connectivity index (χ1) is 11.8. The predicted molar refractivity (Wildman–Crippen MR) is 93.2 cm³/mol. The molecular formula is C17H19N3O4S. The van der Waals surface area contributed by atoms with Crippen molar-refractivity contribution in [1.82, 2.24) is 10.0 Å². The zero-order chi connectivity index (χ0) is 18.4. The quantitative estimate of drug-likeness (QED) is 0.736. The lowest BCUT2D eigenvalue weighted by molar-refractivity contribution is -0.121. The highest BCUT2D eigenvalue weighted by Crippen LogP contribution is 2.09. The number of nitrogens with one attached hydrogen (secondary N) is 2. The van der Waals surface area contributed by atoms with Gasteiger partial charge in [-0.05, 0) is 31.0 Å². The first-order valence-corrected chi connectivity index (χ1v) is 9.00. The first-order valence-electron chi connectivity index (χ1n) is 7.52. The molecule has 2 aromatic rings. The Morgan fingerprint density at radius 2 is 1.64 bits per heavy atom. The minimum atomic E-state index is -4.06. The van der Waals surface area contributed by atoms with Crippen molar-refractivity contribution in [2.24, 2.45) is 5.73 Å². The molecule has 3 amide bonds. The topological polar surface area (TPSA) is 118 Å². The first kappa shape index (κ1) is 18.6. The fourth-order valence-corrected chi connectivity index (χ4v) is 3.00. The van der Waals surface area contributed by atoms with Crippen molar-refractivity contribution in [3.05, 3.63) is 65.7 Å². The zero-order valence-corrected chi connectivity index (χ0v) is 14.4. The molecule has 25 heavy (non-hydrogen) atoms. The van der Waals surface area contributed by atoms with Crippen molar-refractivity contribution < 1.29 is 18.0 Å². The number of carbonyl (C=O) groups is 2. The van der Waals surface area contributed by atoms with Gasteiger partial charge in [-0.3, -0.25) is 10.1 Å². The molecule has 0 unspecified atom stereocenters. The Hall–Kier alpha value is -2.71. The molecule has 8 heteroatoms. The molecule has 7 nitrogen and oxygen atoms in total. The monoisotopic (exact) mass is 361 g/mol.